The molecule has 6 nitrogen and oxygen atoms in total. The third kappa shape index (κ3) is 3.06. The summed E-state index contributed by atoms with van der Waals surface area (Å²) in [6.45, 7) is 1.87. The molecule has 0 radical (unpaired) electrons. The van der Waals surface area contributed by atoms with E-state index in [-0.39, 0.29) is 5.25 Å². The first-order valence-corrected chi connectivity index (χ1v) is 10.1. The summed E-state index contributed by atoms with van der Waals surface area (Å²) in [6.07, 6.45) is 8.13. The molecule has 1 aliphatic carbocycles. The lowest BCUT2D eigenvalue weighted by atomic mass is 9.94. The molecule has 0 bridgehead atoms. The molecule has 124 valence electrons. The molecule has 2 aliphatic rings. The Morgan fingerprint density at radius 2 is 1.96 bits per heavy atom. The Kier molecular flexibility index (Phi) is 3.75. The van der Waals surface area contributed by atoms with Crippen LogP contribution in [0.3, 0.4) is 0 Å². The Balaban J connectivity index is 1.36. The zero-order chi connectivity index (χ0) is 15.9. The fourth-order valence-corrected chi connectivity index (χ4v) is 5.32. The second-order valence-electron chi connectivity index (χ2n) is 6.72. The SMILES string of the molecule is O=S(=O)(CCC1CCN(c2ncnc3[nH]ccc23)CC1)C1CC1. The summed E-state index contributed by atoms with van der Waals surface area (Å²) in [7, 11) is -2.81. The summed E-state index contributed by atoms with van der Waals surface area (Å²) in [5.41, 5.74) is 0.868. The average Bonchev–Trinajstić information content (AvgIpc) is 3.32. The molecule has 1 saturated heterocycles. The number of hydrogen-bond acceptors (Lipinski definition) is 5. The summed E-state index contributed by atoms with van der Waals surface area (Å²) < 4.78 is 24.0. The first-order chi connectivity index (χ1) is 11.1. The number of sulfone groups is 1. The number of fused-ring (bicyclic) bond motifs is 1. The lowest BCUT2D eigenvalue weighted by molar-refractivity contribution is 0.394. The topological polar surface area (TPSA) is 79.0 Å². The van der Waals surface area contributed by atoms with E-state index in [0.29, 0.717) is 11.7 Å². The summed E-state index contributed by atoms with van der Waals surface area (Å²) in [5.74, 6) is 1.88. The second-order valence-corrected chi connectivity index (χ2v) is 9.12. The van der Waals surface area contributed by atoms with Gasteiger partial charge in [-0.15, -0.1) is 0 Å². The molecule has 0 spiro atoms. The van der Waals surface area contributed by atoms with Gasteiger partial charge in [-0.1, -0.05) is 0 Å². The van der Waals surface area contributed by atoms with E-state index in [4.69, 9.17) is 0 Å². The minimum Gasteiger partial charge on any atom is -0.356 e. The first-order valence-electron chi connectivity index (χ1n) is 8.38. The molecule has 2 aromatic heterocycles. The fourth-order valence-electron chi connectivity index (χ4n) is 3.47. The third-order valence-electron chi connectivity index (χ3n) is 5.09. The summed E-state index contributed by atoms with van der Waals surface area (Å²) in [6, 6.07) is 2.01. The Labute approximate surface area is 136 Å². The monoisotopic (exact) mass is 334 g/mol. The van der Waals surface area contributed by atoms with Crippen LogP contribution in [0, 0.1) is 5.92 Å². The highest BCUT2D eigenvalue weighted by Crippen LogP contribution is 2.32. The largest absolute Gasteiger partial charge is 0.356 e. The van der Waals surface area contributed by atoms with E-state index >= 15 is 0 Å². The normalized spacial score (nSPS) is 20.3. The van der Waals surface area contributed by atoms with Crippen molar-refractivity contribution in [2.45, 2.75) is 37.4 Å². The molecule has 2 fully saturated rings. The molecule has 3 heterocycles. The van der Waals surface area contributed by atoms with Crippen molar-refractivity contribution in [2.24, 2.45) is 5.92 Å². The van der Waals surface area contributed by atoms with Gasteiger partial charge in [0.2, 0.25) is 0 Å². The van der Waals surface area contributed by atoms with Crippen molar-refractivity contribution >= 4 is 26.7 Å². The fraction of sp³-hybridized carbons (Fsp3) is 0.625. The highest BCUT2D eigenvalue weighted by molar-refractivity contribution is 7.92. The lowest BCUT2D eigenvalue weighted by Crippen LogP contribution is -2.35. The van der Waals surface area contributed by atoms with E-state index in [1.165, 1.54) is 0 Å². The zero-order valence-electron chi connectivity index (χ0n) is 13.1. The van der Waals surface area contributed by atoms with Crippen LogP contribution in [-0.2, 0) is 9.84 Å². The van der Waals surface area contributed by atoms with Gasteiger partial charge in [0.1, 0.15) is 17.8 Å². The number of hydrogen-bond donors (Lipinski definition) is 1. The maximum atomic E-state index is 12.0. The van der Waals surface area contributed by atoms with E-state index in [1.807, 2.05) is 12.3 Å². The van der Waals surface area contributed by atoms with E-state index in [9.17, 15) is 8.42 Å². The molecular formula is C16H22N4O2S. The molecule has 23 heavy (non-hydrogen) atoms. The molecule has 1 aliphatic heterocycles. The van der Waals surface area contributed by atoms with Gasteiger partial charge >= 0.3 is 0 Å². The average molecular weight is 334 g/mol. The third-order valence-corrected chi connectivity index (χ3v) is 7.38. The van der Waals surface area contributed by atoms with Gasteiger partial charge in [0.15, 0.2) is 9.84 Å². The second kappa shape index (κ2) is 5.78. The number of aromatic amines is 1. The van der Waals surface area contributed by atoms with Gasteiger partial charge in [0.05, 0.1) is 16.4 Å². The van der Waals surface area contributed by atoms with E-state index in [1.54, 1.807) is 6.33 Å². The number of aromatic nitrogens is 3. The number of anilines is 1. The van der Waals surface area contributed by atoms with Crippen molar-refractivity contribution < 1.29 is 8.42 Å². The van der Waals surface area contributed by atoms with Crippen molar-refractivity contribution in [3.05, 3.63) is 18.6 Å². The van der Waals surface area contributed by atoms with Crippen LogP contribution in [0.25, 0.3) is 11.0 Å². The van der Waals surface area contributed by atoms with E-state index < -0.39 is 9.84 Å². The van der Waals surface area contributed by atoms with Gasteiger partial charge in [0.25, 0.3) is 0 Å². The number of H-pyrrole nitrogens is 1. The standard InChI is InChI=1S/C16H22N4O2S/c21-23(22,13-1-2-13)10-6-12-4-8-20(9-5-12)16-14-3-7-17-15(14)18-11-19-16/h3,7,11-13H,1-2,4-6,8-10H2,(H,17,18,19). The van der Waals surface area contributed by atoms with Crippen molar-refractivity contribution in [3.63, 3.8) is 0 Å². The smallest absolute Gasteiger partial charge is 0.153 e. The van der Waals surface area contributed by atoms with Crippen molar-refractivity contribution in [2.75, 3.05) is 23.7 Å². The maximum Gasteiger partial charge on any atom is 0.153 e. The minimum atomic E-state index is -2.81. The number of nitrogens with zero attached hydrogens (tertiary/aromatic N) is 3. The Hall–Kier alpha value is -1.63. The molecule has 1 saturated carbocycles. The quantitative estimate of drug-likeness (QED) is 0.906. The zero-order valence-corrected chi connectivity index (χ0v) is 13.9. The highest BCUT2D eigenvalue weighted by Gasteiger charge is 2.35. The molecule has 0 unspecified atom stereocenters. The molecule has 2 aromatic rings. The predicted octanol–water partition coefficient (Wildman–Crippen LogP) is 2.14. The van der Waals surface area contributed by atoms with E-state index in [0.717, 1.165) is 62.0 Å². The molecule has 7 heteroatoms. The Bertz CT molecular complexity index is 789. The van der Waals surface area contributed by atoms with Gasteiger partial charge in [-0.25, -0.2) is 18.4 Å². The molecule has 0 aromatic carbocycles. The maximum absolute atomic E-state index is 12.0. The van der Waals surface area contributed by atoms with Crippen molar-refractivity contribution in [3.8, 4) is 0 Å². The summed E-state index contributed by atoms with van der Waals surface area (Å²) >= 11 is 0. The first kappa shape index (κ1) is 14.9. The predicted molar refractivity (Wildman–Crippen MR) is 90.3 cm³/mol. The van der Waals surface area contributed by atoms with Crippen LogP contribution >= 0.6 is 0 Å². The van der Waals surface area contributed by atoms with Crippen LogP contribution in [0.2, 0.25) is 0 Å². The van der Waals surface area contributed by atoms with Crippen LogP contribution in [0.1, 0.15) is 32.1 Å². The van der Waals surface area contributed by atoms with Crippen molar-refractivity contribution in [1.82, 2.24) is 15.0 Å². The molecular weight excluding hydrogens is 312 g/mol. The number of rotatable bonds is 5. The minimum absolute atomic E-state index is 0.0227. The summed E-state index contributed by atoms with van der Waals surface area (Å²) in [5, 5.41) is 1.03. The summed E-state index contributed by atoms with van der Waals surface area (Å²) in [4.78, 5) is 14.1. The van der Waals surface area contributed by atoms with Gasteiger partial charge in [-0.2, -0.15) is 0 Å². The van der Waals surface area contributed by atoms with Gasteiger partial charge in [0, 0.05) is 19.3 Å². The highest BCUT2D eigenvalue weighted by atomic mass is 32.2. The van der Waals surface area contributed by atoms with Crippen molar-refractivity contribution in [1.29, 1.82) is 0 Å². The van der Waals surface area contributed by atoms with Crippen LogP contribution in [0.15, 0.2) is 18.6 Å². The number of nitrogens with one attached hydrogen (secondary N) is 1. The van der Waals surface area contributed by atoms with Crippen LogP contribution < -0.4 is 4.90 Å². The Morgan fingerprint density at radius 3 is 2.70 bits per heavy atom. The van der Waals surface area contributed by atoms with Crippen LogP contribution in [0.4, 0.5) is 5.82 Å². The Morgan fingerprint density at radius 1 is 1.17 bits per heavy atom. The number of piperidine rings is 1. The van der Waals surface area contributed by atoms with Gasteiger partial charge in [-0.3, -0.25) is 0 Å². The molecule has 1 N–H and O–H groups in total. The molecule has 4 rings (SSSR count). The van der Waals surface area contributed by atoms with E-state index in [2.05, 4.69) is 19.9 Å². The van der Waals surface area contributed by atoms with Crippen LogP contribution in [0.5, 0.6) is 0 Å². The molecule has 0 atom stereocenters. The molecule has 0 amide bonds. The lowest BCUT2D eigenvalue weighted by Gasteiger charge is -2.33. The van der Waals surface area contributed by atoms with Gasteiger partial charge in [-0.05, 0) is 44.1 Å². The van der Waals surface area contributed by atoms with Gasteiger partial charge < -0.3 is 9.88 Å². The van der Waals surface area contributed by atoms with Crippen LogP contribution in [-0.4, -0.2) is 47.5 Å².